The molecule has 1 amide bonds. The number of rotatable bonds is 10. The molecule has 4 rings (SSSR count). The third kappa shape index (κ3) is 5.95. The molecule has 0 aliphatic rings. The number of aromatic amines is 1. The maximum absolute atomic E-state index is 12.7. The zero-order chi connectivity index (χ0) is 23.8. The molecule has 2 N–H and O–H groups in total. The molecule has 2 heterocycles. The highest BCUT2D eigenvalue weighted by Gasteiger charge is 2.14. The number of pyridine rings is 1. The lowest BCUT2D eigenvalue weighted by Gasteiger charge is -2.11. The summed E-state index contributed by atoms with van der Waals surface area (Å²) < 4.78 is 5.87. The fourth-order valence-electron chi connectivity index (χ4n) is 3.53. The molecular weight excluding hydrogens is 426 g/mol. The van der Waals surface area contributed by atoms with Gasteiger partial charge in [-0.1, -0.05) is 42.5 Å². The van der Waals surface area contributed by atoms with Crippen LogP contribution in [0.1, 0.15) is 40.4 Å². The number of carbonyl (C=O) groups excluding carboxylic acids is 1. The van der Waals surface area contributed by atoms with Crippen molar-refractivity contribution >= 4 is 11.7 Å². The minimum atomic E-state index is -0.396. The van der Waals surface area contributed by atoms with E-state index in [1.54, 1.807) is 6.20 Å². The Morgan fingerprint density at radius 3 is 2.79 bits per heavy atom. The van der Waals surface area contributed by atoms with Crippen LogP contribution >= 0.6 is 0 Å². The number of amides is 1. The van der Waals surface area contributed by atoms with Crippen LogP contribution in [0.15, 0.2) is 79.5 Å². The van der Waals surface area contributed by atoms with Gasteiger partial charge in [0.15, 0.2) is 0 Å². The van der Waals surface area contributed by atoms with Crippen LogP contribution in [0, 0.1) is 6.92 Å². The summed E-state index contributed by atoms with van der Waals surface area (Å²) in [6.45, 7) is 6.41. The van der Waals surface area contributed by atoms with E-state index < -0.39 is 5.91 Å². The minimum Gasteiger partial charge on any atom is -0.494 e. The van der Waals surface area contributed by atoms with Crippen molar-refractivity contribution in [2.45, 2.75) is 26.2 Å². The molecule has 7 nitrogen and oxygen atoms in total. The predicted molar refractivity (Wildman–Crippen MR) is 133 cm³/mol. The van der Waals surface area contributed by atoms with Gasteiger partial charge >= 0.3 is 0 Å². The number of nitrogens with one attached hydrogen (secondary N) is 2. The first-order valence-electron chi connectivity index (χ1n) is 11.2. The Hall–Kier alpha value is -4.26. The largest absolute Gasteiger partial charge is 0.494 e. The van der Waals surface area contributed by atoms with E-state index in [1.807, 2.05) is 73.7 Å². The summed E-state index contributed by atoms with van der Waals surface area (Å²) in [6, 6.07) is 19.6. The average molecular weight is 454 g/mol. The van der Waals surface area contributed by atoms with E-state index in [9.17, 15) is 4.79 Å². The second kappa shape index (κ2) is 11.0. The number of aromatic nitrogens is 4. The van der Waals surface area contributed by atoms with Crippen LogP contribution in [-0.2, 0) is 6.42 Å². The van der Waals surface area contributed by atoms with E-state index in [-0.39, 0.29) is 5.82 Å². The third-order valence-electron chi connectivity index (χ3n) is 5.31. The number of nitrogens with zero attached hydrogens (tertiary/aromatic N) is 3. The van der Waals surface area contributed by atoms with Gasteiger partial charge in [-0.05, 0) is 66.3 Å². The summed E-state index contributed by atoms with van der Waals surface area (Å²) in [7, 11) is 0. The molecular formula is C27H27N5O2. The molecule has 0 bridgehead atoms. The van der Waals surface area contributed by atoms with Crippen LogP contribution < -0.4 is 10.1 Å². The van der Waals surface area contributed by atoms with Crippen molar-refractivity contribution in [1.82, 2.24) is 20.2 Å². The molecule has 34 heavy (non-hydrogen) atoms. The quantitative estimate of drug-likeness (QED) is 0.249. The monoisotopic (exact) mass is 453 g/mol. The summed E-state index contributed by atoms with van der Waals surface area (Å²) in [4.78, 5) is 20.0. The molecule has 0 unspecified atom stereocenters. The zero-order valence-electron chi connectivity index (χ0n) is 19.1. The molecule has 0 radical (unpaired) electrons. The normalized spacial score (nSPS) is 10.6. The Labute approximate surface area is 198 Å². The Kier molecular flexibility index (Phi) is 7.45. The predicted octanol–water partition coefficient (Wildman–Crippen LogP) is 5.36. The molecule has 0 saturated carbocycles. The van der Waals surface area contributed by atoms with Gasteiger partial charge in [0.2, 0.25) is 5.82 Å². The van der Waals surface area contributed by atoms with Crippen LogP contribution in [0.5, 0.6) is 5.75 Å². The van der Waals surface area contributed by atoms with Crippen molar-refractivity contribution in [1.29, 1.82) is 0 Å². The highest BCUT2D eigenvalue weighted by molar-refractivity contribution is 6.01. The Morgan fingerprint density at radius 2 is 1.97 bits per heavy atom. The first-order valence-corrected chi connectivity index (χ1v) is 11.2. The number of aryl methyl sites for hydroxylation is 1. The number of H-pyrrole nitrogens is 1. The molecule has 2 aromatic heterocycles. The minimum absolute atomic E-state index is 0.143. The van der Waals surface area contributed by atoms with Crippen molar-refractivity contribution in [2.75, 3.05) is 11.9 Å². The number of unbranched alkanes of at least 4 members (excludes halogenated alkanes) is 1. The third-order valence-corrected chi connectivity index (χ3v) is 5.31. The van der Waals surface area contributed by atoms with Crippen molar-refractivity contribution in [3.8, 4) is 16.9 Å². The van der Waals surface area contributed by atoms with Gasteiger partial charge in [0.05, 0.1) is 6.61 Å². The molecule has 7 heteroatoms. The van der Waals surface area contributed by atoms with Gasteiger partial charge in [0.1, 0.15) is 17.4 Å². The molecule has 0 fully saturated rings. The Morgan fingerprint density at radius 1 is 1.12 bits per heavy atom. The molecule has 0 atom stereocenters. The molecule has 4 aromatic rings. The van der Waals surface area contributed by atoms with Crippen LogP contribution in [0.4, 0.5) is 5.82 Å². The van der Waals surface area contributed by atoms with Gasteiger partial charge in [-0.2, -0.15) is 0 Å². The number of carbonyl (C=O) groups is 1. The van der Waals surface area contributed by atoms with Crippen LogP contribution in [0.2, 0.25) is 0 Å². The topological polar surface area (TPSA) is 92.8 Å². The summed E-state index contributed by atoms with van der Waals surface area (Å²) in [5.74, 6) is 1.61. The smallest absolute Gasteiger partial charge is 0.294 e. The second-order valence-electron chi connectivity index (χ2n) is 7.92. The van der Waals surface area contributed by atoms with Gasteiger partial charge in [-0.25, -0.2) is 4.98 Å². The summed E-state index contributed by atoms with van der Waals surface area (Å²) >= 11 is 0. The molecule has 172 valence electrons. The molecule has 2 aromatic carbocycles. The summed E-state index contributed by atoms with van der Waals surface area (Å²) in [5.41, 5.74) is 4.13. The molecule has 0 spiro atoms. The first-order chi connectivity index (χ1) is 16.6. The molecule has 0 saturated heterocycles. The number of allylic oxidation sites excluding steroid dienone is 1. The van der Waals surface area contributed by atoms with Crippen LogP contribution in [0.3, 0.4) is 0 Å². The van der Waals surface area contributed by atoms with E-state index in [4.69, 9.17) is 4.74 Å². The van der Waals surface area contributed by atoms with Gasteiger partial charge in [0, 0.05) is 12.6 Å². The van der Waals surface area contributed by atoms with Crippen molar-refractivity contribution in [2.24, 2.45) is 0 Å². The van der Waals surface area contributed by atoms with Gasteiger partial charge < -0.3 is 15.0 Å². The number of ether oxygens (including phenoxy) is 1. The fourth-order valence-corrected chi connectivity index (χ4v) is 3.53. The van der Waals surface area contributed by atoms with Crippen molar-refractivity contribution < 1.29 is 9.53 Å². The number of hydrogen-bond acceptors (Lipinski definition) is 5. The Bertz CT molecular complexity index is 1270. The summed E-state index contributed by atoms with van der Waals surface area (Å²) in [6.07, 6.45) is 5.97. The van der Waals surface area contributed by atoms with Crippen LogP contribution in [0.25, 0.3) is 11.1 Å². The van der Waals surface area contributed by atoms with Crippen LogP contribution in [-0.4, -0.2) is 32.7 Å². The fraction of sp³-hybridized carbons (Fsp3) is 0.185. The first kappa shape index (κ1) is 22.9. The molecule has 0 aliphatic heterocycles. The highest BCUT2D eigenvalue weighted by atomic mass is 16.5. The lowest BCUT2D eigenvalue weighted by Crippen LogP contribution is -2.14. The van der Waals surface area contributed by atoms with E-state index in [2.05, 4.69) is 32.1 Å². The SMILES string of the molecule is C=CCCCOc1ccc(C)c(-c2ccnc(NC(=O)c3nnc(Cc4ccccc4)[nH]3)c2)c1. The summed E-state index contributed by atoms with van der Waals surface area (Å²) in [5, 5.41) is 10.9. The van der Waals surface area contributed by atoms with E-state index in [1.165, 1.54) is 0 Å². The van der Waals surface area contributed by atoms with Gasteiger partial charge in [-0.3, -0.25) is 4.79 Å². The Balaban J connectivity index is 1.45. The number of hydrogen-bond donors (Lipinski definition) is 2. The lowest BCUT2D eigenvalue weighted by molar-refractivity contribution is 0.101. The van der Waals surface area contributed by atoms with E-state index in [0.717, 1.165) is 40.8 Å². The van der Waals surface area contributed by atoms with E-state index in [0.29, 0.717) is 24.7 Å². The number of anilines is 1. The second-order valence-corrected chi connectivity index (χ2v) is 7.92. The average Bonchev–Trinajstić information content (AvgIpc) is 3.32. The van der Waals surface area contributed by atoms with Gasteiger partial charge in [-0.15, -0.1) is 16.8 Å². The standard InChI is InChI=1S/C27H27N5O2/c1-3-4-8-15-34-22-12-11-19(2)23(18-22)21-13-14-28-24(17-21)30-27(33)26-29-25(31-32-26)16-20-9-6-5-7-10-20/h3,5-7,9-14,17-18H,1,4,8,15-16H2,2H3,(H,28,30,33)(H,29,31,32). The maximum Gasteiger partial charge on any atom is 0.294 e. The zero-order valence-corrected chi connectivity index (χ0v) is 19.1. The number of benzene rings is 2. The molecule has 0 aliphatic carbocycles. The van der Waals surface area contributed by atoms with E-state index >= 15 is 0 Å². The maximum atomic E-state index is 12.7. The van der Waals surface area contributed by atoms with Gasteiger partial charge in [0.25, 0.3) is 5.91 Å². The highest BCUT2D eigenvalue weighted by Crippen LogP contribution is 2.29. The van der Waals surface area contributed by atoms with Crippen molar-refractivity contribution in [3.05, 3.63) is 102 Å². The lowest BCUT2D eigenvalue weighted by atomic mass is 10.0. The van der Waals surface area contributed by atoms with Crippen molar-refractivity contribution in [3.63, 3.8) is 0 Å².